The first-order valence-corrected chi connectivity index (χ1v) is 10.1. The van der Waals surface area contributed by atoms with E-state index in [4.69, 9.17) is 0 Å². The molecule has 0 bridgehead atoms. The van der Waals surface area contributed by atoms with Crippen LogP contribution < -0.4 is 16.2 Å². The van der Waals surface area contributed by atoms with Crippen molar-refractivity contribution in [1.82, 2.24) is 15.6 Å². The van der Waals surface area contributed by atoms with Crippen molar-refractivity contribution in [1.29, 1.82) is 0 Å². The number of alkyl halides is 1. The van der Waals surface area contributed by atoms with Crippen molar-refractivity contribution in [3.05, 3.63) is 68.6 Å². The van der Waals surface area contributed by atoms with Gasteiger partial charge in [0.15, 0.2) is 0 Å². The lowest BCUT2D eigenvalue weighted by molar-refractivity contribution is 0.0949. The molecule has 3 rings (SSSR count). The molecule has 1 aromatic heterocycles. The highest BCUT2D eigenvalue weighted by molar-refractivity contribution is 9.09. The summed E-state index contributed by atoms with van der Waals surface area (Å²) in [6.45, 7) is 8.26. The molecule has 6 heteroatoms. The Hall–Kier alpha value is -1.92. The van der Waals surface area contributed by atoms with Gasteiger partial charge in [0.25, 0.3) is 11.5 Å². The standard InChI is InChI=1S/C21H26BrN3O2/c1-12-9-13(2)24-20(27)16(12)11-23-19(26)15-8-6-5-7-14(15)17-10-18(22)25-21(17,3)4/h5-9,17-18,25H,10-11H2,1-4H3,(H,23,26)(H,24,27). The minimum absolute atomic E-state index is 0.116. The van der Waals surface area contributed by atoms with Gasteiger partial charge in [-0.25, -0.2) is 0 Å². The normalized spacial score (nSPS) is 21.2. The summed E-state index contributed by atoms with van der Waals surface area (Å²) in [4.78, 5) is 28.1. The van der Waals surface area contributed by atoms with E-state index in [0.717, 1.165) is 23.2 Å². The lowest BCUT2D eigenvalue weighted by Crippen LogP contribution is -2.39. The fraction of sp³-hybridized carbons (Fsp3) is 0.429. The summed E-state index contributed by atoms with van der Waals surface area (Å²) in [5.74, 6) is 0.0622. The summed E-state index contributed by atoms with van der Waals surface area (Å²) < 4.78 is 0. The maximum atomic E-state index is 12.9. The Kier molecular flexibility index (Phi) is 5.58. The molecule has 0 spiro atoms. The molecule has 0 aliphatic carbocycles. The van der Waals surface area contributed by atoms with Crippen LogP contribution in [-0.2, 0) is 6.54 Å². The largest absolute Gasteiger partial charge is 0.348 e. The van der Waals surface area contributed by atoms with Crippen molar-refractivity contribution in [2.45, 2.75) is 57.1 Å². The molecule has 1 amide bonds. The van der Waals surface area contributed by atoms with E-state index in [2.05, 4.69) is 45.4 Å². The van der Waals surface area contributed by atoms with E-state index in [9.17, 15) is 9.59 Å². The number of benzene rings is 1. The van der Waals surface area contributed by atoms with Crippen LogP contribution in [0.1, 0.15) is 58.9 Å². The monoisotopic (exact) mass is 431 g/mol. The number of rotatable bonds is 4. The van der Waals surface area contributed by atoms with Crippen LogP contribution in [0.2, 0.25) is 0 Å². The maximum Gasteiger partial charge on any atom is 0.253 e. The Balaban J connectivity index is 1.84. The molecule has 0 radical (unpaired) electrons. The summed E-state index contributed by atoms with van der Waals surface area (Å²) in [6.07, 6.45) is 0.911. The molecular weight excluding hydrogens is 406 g/mol. The first kappa shape index (κ1) is 19.8. The zero-order chi connectivity index (χ0) is 19.8. The fourth-order valence-corrected chi connectivity index (χ4v) is 4.92. The van der Waals surface area contributed by atoms with Gasteiger partial charge in [-0.15, -0.1) is 0 Å². The van der Waals surface area contributed by atoms with Crippen LogP contribution in [0.25, 0.3) is 0 Å². The number of carbonyl (C=O) groups is 1. The molecule has 1 saturated heterocycles. The Bertz CT molecular complexity index is 920. The summed E-state index contributed by atoms with van der Waals surface area (Å²) in [5, 5.41) is 6.45. The molecule has 0 saturated carbocycles. The Morgan fingerprint density at radius 1 is 1.30 bits per heavy atom. The van der Waals surface area contributed by atoms with Crippen LogP contribution >= 0.6 is 15.9 Å². The second-order valence-corrected chi connectivity index (χ2v) is 8.94. The zero-order valence-electron chi connectivity index (χ0n) is 16.2. The number of pyridine rings is 1. The number of nitrogens with one attached hydrogen (secondary N) is 3. The molecule has 2 atom stereocenters. The maximum absolute atomic E-state index is 12.9. The van der Waals surface area contributed by atoms with E-state index >= 15 is 0 Å². The van der Waals surface area contributed by atoms with Crippen molar-refractivity contribution in [3.8, 4) is 0 Å². The van der Waals surface area contributed by atoms with Crippen LogP contribution in [-0.4, -0.2) is 21.4 Å². The van der Waals surface area contributed by atoms with Gasteiger partial charge >= 0.3 is 0 Å². The van der Waals surface area contributed by atoms with E-state index in [1.54, 1.807) is 0 Å². The first-order valence-electron chi connectivity index (χ1n) is 9.17. The van der Waals surface area contributed by atoms with Crippen LogP contribution in [0.4, 0.5) is 0 Å². The smallest absolute Gasteiger partial charge is 0.253 e. The lowest BCUT2D eigenvalue weighted by atomic mass is 9.81. The number of aromatic nitrogens is 1. The van der Waals surface area contributed by atoms with E-state index in [1.807, 2.05) is 44.2 Å². The van der Waals surface area contributed by atoms with E-state index in [1.165, 1.54) is 0 Å². The van der Waals surface area contributed by atoms with Gasteiger partial charge in [-0.3, -0.25) is 14.9 Å². The van der Waals surface area contributed by atoms with Crippen LogP contribution in [0.15, 0.2) is 35.1 Å². The predicted octanol–water partition coefficient (Wildman–Crippen LogP) is 3.50. The van der Waals surface area contributed by atoms with Crippen LogP contribution in [0.3, 0.4) is 0 Å². The number of amides is 1. The second-order valence-electron chi connectivity index (χ2n) is 7.83. The molecular formula is C21H26BrN3O2. The summed E-state index contributed by atoms with van der Waals surface area (Å²) in [5.41, 5.74) is 3.73. The third-order valence-corrected chi connectivity index (χ3v) is 5.95. The molecule has 144 valence electrons. The van der Waals surface area contributed by atoms with Crippen molar-refractivity contribution < 1.29 is 4.79 Å². The Morgan fingerprint density at radius 2 is 2.00 bits per heavy atom. The average Bonchev–Trinajstić information content (AvgIpc) is 2.85. The molecule has 1 fully saturated rings. The number of hydrogen-bond acceptors (Lipinski definition) is 3. The highest BCUT2D eigenvalue weighted by Crippen LogP contribution is 2.41. The summed E-state index contributed by atoms with van der Waals surface area (Å²) in [6, 6.07) is 9.65. The van der Waals surface area contributed by atoms with E-state index in [0.29, 0.717) is 11.1 Å². The molecule has 1 aromatic carbocycles. The fourth-order valence-electron chi connectivity index (χ4n) is 3.95. The predicted molar refractivity (Wildman–Crippen MR) is 111 cm³/mol. The molecule has 2 aromatic rings. The molecule has 2 heterocycles. The van der Waals surface area contributed by atoms with E-state index in [-0.39, 0.29) is 34.4 Å². The highest BCUT2D eigenvalue weighted by Gasteiger charge is 2.41. The van der Waals surface area contributed by atoms with Crippen molar-refractivity contribution in [2.75, 3.05) is 0 Å². The topological polar surface area (TPSA) is 74.0 Å². The van der Waals surface area contributed by atoms with Gasteiger partial charge in [0.2, 0.25) is 0 Å². The third kappa shape index (κ3) is 4.17. The van der Waals surface area contributed by atoms with Crippen molar-refractivity contribution in [2.24, 2.45) is 0 Å². The number of aryl methyl sites for hydroxylation is 2. The Morgan fingerprint density at radius 3 is 2.63 bits per heavy atom. The molecule has 5 nitrogen and oxygen atoms in total. The third-order valence-electron chi connectivity index (χ3n) is 5.34. The number of H-pyrrole nitrogens is 1. The SMILES string of the molecule is Cc1cc(C)c(CNC(=O)c2ccccc2C2CC(Br)NC2(C)C)c(=O)[nH]1. The van der Waals surface area contributed by atoms with Gasteiger partial charge in [-0.05, 0) is 57.4 Å². The molecule has 1 aliphatic rings. The zero-order valence-corrected chi connectivity index (χ0v) is 17.7. The lowest BCUT2D eigenvalue weighted by Gasteiger charge is -2.28. The van der Waals surface area contributed by atoms with Crippen molar-refractivity contribution in [3.63, 3.8) is 0 Å². The van der Waals surface area contributed by atoms with Gasteiger partial charge in [0.1, 0.15) is 0 Å². The first-order chi connectivity index (χ1) is 12.7. The van der Waals surface area contributed by atoms with Gasteiger partial charge in [0, 0.05) is 34.8 Å². The van der Waals surface area contributed by atoms with Crippen LogP contribution in [0, 0.1) is 13.8 Å². The second kappa shape index (κ2) is 7.60. The van der Waals surface area contributed by atoms with Crippen LogP contribution in [0.5, 0.6) is 0 Å². The van der Waals surface area contributed by atoms with Gasteiger partial charge in [0.05, 0.1) is 4.95 Å². The van der Waals surface area contributed by atoms with E-state index < -0.39 is 0 Å². The summed E-state index contributed by atoms with van der Waals surface area (Å²) in [7, 11) is 0. The number of hydrogen-bond donors (Lipinski definition) is 3. The van der Waals surface area contributed by atoms with Crippen molar-refractivity contribution >= 4 is 21.8 Å². The minimum Gasteiger partial charge on any atom is -0.348 e. The average molecular weight is 432 g/mol. The molecule has 27 heavy (non-hydrogen) atoms. The van der Waals surface area contributed by atoms with Gasteiger partial charge in [-0.1, -0.05) is 34.1 Å². The Labute approximate surface area is 168 Å². The highest BCUT2D eigenvalue weighted by atomic mass is 79.9. The number of halogens is 1. The minimum atomic E-state index is -0.154. The molecule has 2 unspecified atom stereocenters. The van der Waals surface area contributed by atoms with Gasteiger partial charge in [-0.2, -0.15) is 0 Å². The molecule has 1 aliphatic heterocycles. The number of aromatic amines is 1. The molecule has 3 N–H and O–H groups in total. The summed E-state index contributed by atoms with van der Waals surface area (Å²) >= 11 is 3.65. The number of carbonyl (C=O) groups excluding carboxylic acids is 1. The quantitative estimate of drug-likeness (QED) is 0.512. The van der Waals surface area contributed by atoms with Gasteiger partial charge < -0.3 is 10.3 Å².